The number of ether oxygens (including phenoxy) is 1. The average molecular weight is 496 g/mol. The van der Waals surface area contributed by atoms with E-state index in [2.05, 4.69) is 24.8 Å². The Morgan fingerprint density at radius 3 is 2.54 bits per heavy atom. The summed E-state index contributed by atoms with van der Waals surface area (Å²) < 4.78 is 35.3. The van der Waals surface area contributed by atoms with Gasteiger partial charge in [0.05, 0.1) is 11.0 Å². The van der Waals surface area contributed by atoms with Crippen molar-refractivity contribution >= 4 is 21.6 Å². The molecule has 1 aromatic heterocycles. The van der Waals surface area contributed by atoms with Gasteiger partial charge in [-0.25, -0.2) is 13.1 Å². The highest BCUT2D eigenvalue weighted by atomic mass is 32.2. The van der Waals surface area contributed by atoms with Crippen molar-refractivity contribution in [2.75, 3.05) is 18.5 Å². The van der Waals surface area contributed by atoms with Crippen LogP contribution in [0, 0.1) is 0 Å². The van der Waals surface area contributed by atoms with E-state index in [4.69, 9.17) is 4.74 Å². The van der Waals surface area contributed by atoms with E-state index in [0.717, 1.165) is 55.9 Å². The smallest absolute Gasteiger partial charge is 0.255 e. The molecule has 1 atom stereocenters. The van der Waals surface area contributed by atoms with Crippen LogP contribution < -0.4 is 10.0 Å². The quantitative estimate of drug-likeness (QED) is 0.519. The van der Waals surface area contributed by atoms with Crippen molar-refractivity contribution in [1.82, 2.24) is 19.5 Å². The third kappa shape index (κ3) is 5.44. The second-order valence-electron chi connectivity index (χ2n) is 8.94. The number of nitrogens with zero attached hydrogens (tertiary/aromatic N) is 3. The Bertz CT molecular complexity index is 1280. The lowest BCUT2D eigenvalue weighted by molar-refractivity contribution is 0.102. The summed E-state index contributed by atoms with van der Waals surface area (Å²) in [6, 6.07) is 13.4. The molecule has 0 bridgehead atoms. The van der Waals surface area contributed by atoms with E-state index in [1.807, 2.05) is 24.3 Å². The maximum absolute atomic E-state index is 12.7. The summed E-state index contributed by atoms with van der Waals surface area (Å²) in [6.07, 6.45) is 6.13. The Balaban J connectivity index is 1.22. The topological polar surface area (TPSA) is 115 Å². The molecular formula is C25H29N5O4S. The second kappa shape index (κ2) is 10.3. The first-order chi connectivity index (χ1) is 17.0. The van der Waals surface area contributed by atoms with Crippen LogP contribution in [0.5, 0.6) is 0 Å². The molecule has 3 aromatic rings. The molecule has 0 unspecified atom stereocenters. The minimum absolute atomic E-state index is 0.0825. The number of hydrogen-bond acceptors (Lipinski definition) is 6. The maximum Gasteiger partial charge on any atom is 0.255 e. The number of anilines is 1. The molecule has 1 saturated heterocycles. The number of amides is 1. The van der Waals surface area contributed by atoms with Gasteiger partial charge in [-0.05, 0) is 74.2 Å². The van der Waals surface area contributed by atoms with Crippen molar-refractivity contribution in [3.8, 4) is 11.4 Å². The monoisotopic (exact) mass is 495 g/mol. The number of benzene rings is 2. The first-order valence-electron chi connectivity index (χ1n) is 12.0. The van der Waals surface area contributed by atoms with Gasteiger partial charge in [0.2, 0.25) is 10.0 Å². The van der Waals surface area contributed by atoms with E-state index in [9.17, 15) is 13.2 Å². The molecule has 0 aliphatic carbocycles. The summed E-state index contributed by atoms with van der Waals surface area (Å²) in [4.78, 5) is 12.8. The normalized spacial score (nSPS) is 18.1. The molecule has 1 amide bonds. The lowest BCUT2D eigenvalue weighted by Gasteiger charge is -2.12. The van der Waals surface area contributed by atoms with Gasteiger partial charge >= 0.3 is 0 Å². The fraction of sp³-hybridized carbons (Fsp3) is 0.400. The number of aryl methyl sites for hydroxylation is 1. The third-order valence-corrected chi connectivity index (χ3v) is 7.90. The Labute approximate surface area is 205 Å². The molecule has 35 heavy (non-hydrogen) atoms. The second-order valence-corrected chi connectivity index (χ2v) is 10.7. The number of carbonyl (C=O) groups is 1. The summed E-state index contributed by atoms with van der Waals surface area (Å²) in [5.74, 6) is 1.57. The Morgan fingerprint density at radius 2 is 1.80 bits per heavy atom. The van der Waals surface area contributed by atoms with Crippen molar-refractivity contribution in [3.63, 3.8) is 0 Å². The number of carbonyl (C=O) groups excluding carboxylic acids is 1. The van der Waals surface area contributed by atoms with Crippen LogP contribution in [0.25, 0.3) is 11.4 Å². The number of aromatic nitrogens is 3. The molecule has 3 heterocycles. The van der Waals surface area contributed by atoms with Crippen molar-refractivity contribution in [2.24, 2.45) is 0 Å². The molecule has 2 aliphatic heterocycles. The fourth-order valence-corrected chi connectivity index (χ4v) is 5.55. The summed E-state index contributed by atoms with van der Waals surface area (Å²) in [6.45, 7) is 1.84. The number of hydrogen-bond donors (Lipinski definition) is 2. The molecule has 9 nitrogen and oxygen atoms in total. The largest absolute Gasteiger partial charge is 0.377 e. The maximum atomic E-state index is 12.7. The molecule has 2 N–H and O–H groups in total. The highest BCUT2D eigenvalue weighted by Gasteiger charge is 2.21. The number of nitrogens with one attached hydrogen (secondary N) is 2. The average Bonchev–Trinajstić information content (AvgIpc) is 3.48. The fourth-order valence-electron chi connectivity index (χ4n) is 4.48. The van der Waals surface area contributed by atoms with E-state index in [1.54, 1.807) is 0 Å². The van der Waals surface area contributed by atoms with E-state index < -0.39 is 10.0 Å². The summed E-state index contributed by atoms with van der Waals surface area (Å²) in [7, 11) is -3.66. The van der Waals surface area contributed by atoms with Gasteiger partial charge in [-0.1, -0.05) is 6.42 Å². The van der Waals surface area contributed by atoms with Crippen molar-refractivity contribution in [2.45, 2.75) is 56.1 Å². The molecule has 2 aromatic carbocycles. The van der Waals surface area contributed by atoms with Gasteiger partial charge in [0, 0.05) is 42.9 Å². The summed E-state index contributed by atoms with van der Waals surface area (Å²) in [5.41, 5.74) is 1.97. The van der Waals surface area contributed by atoms with Gasteiger partial charge in [0.25, 0.3) is 5.91 Å². The Morgan fingerprint density at radius 1 is 1.00 bits per heavy atom. The van der Waals surface area contributed by atoms with Crippen LogP contribution >= 0.6 is 0 Å². The molecule has 5 rings (SSSR count). The molecule has 0 spiro atoms. The lowest BCUT2D eigenvalue weighted by Crippen LogP contribution is -2.31. The third-order valence-electron chi connectivity index (χ3n) is 6.46. The van der Waals surface area contributed by atoms with Crippen LogP contribution in [0.15, 0.2) is 53.4 Å². The van der Waals surface area contributed by atoms with E-state index in [0.29, 0.717) is 17.9 Å². The first kappa shape index (κ1) is 23.7. The van der Waals surface area contributed by atoms with Gasteiger partial charge in [-0.3, -0.25) is 4.79 Å². The van der Waals surface area contributed by atoms with Crippen LogP contribution in [0.1, 0.15) is 48.3 Å². The first-order valence-corrected chi connectivity index (χ1v) is 13.5. The van der Waals surface area contributed by atoms with E-state index in [-0.39, 0.29) is 23.5 Å². The number of fused-ring (bicyclic) bond motifs is 1. The molecule has 184 valence electrons. The highest BCUT2D eigenvalue weighted by molar-refractivity contribution is 7.89. The highest BCUT2D eigenvalue weighted by Crippen LogP contribution is 2.24. The lowest BCUT2D eigenvalue weighted by atomic mass is 10.1. The standard InChI is InChI=1S/C25H29N5O4S/c31-25(19-9-13-22(14-10-19)35(32,33)26-17-21-5-4-16-34-21)27-20-11-7-18(8-12-20)24-29-28-23-6-2-1-3-15-30(23)24/h7-14,21,26H,1-6,15-17H2,(H,27,31)/t21-/m1/s1. The van der Waals surface area contributed by atoms with Gasteiger partial charge in [-0.2, -0.15) is 0 Å². The van der Waals surface area contributed by atoms with Gasteiger partial charge in [0.1, 0.15) is 5.82 Å². The molecular weight excluding hydrogens is 466 g/mol. The Kier molecular flexibility index (Phi) is 6.94. The van der Waals surface area contributed by atoms with E-state index in [1.165, 1.54) is 30.7 Å². The van der Waals surface area contributed by atoms with Crippen LogP contribution in [-0.2, 0) is 27.7 Å². The minimum Gasteiger partial charge on any atom is -0.377 e. The van der Waals surface area contributed by atoms with Crippen LogP contribution in [0.2, 0.25) is 0 Å². The molecule has 0 radical (unpaired) electrons. The van der Waals surface area contributed by atoms with Crippen molar-refractivity contribution < 1.29 is 17.9 Å². The van der Waals surface area contributed by atoms with Crippen molar-refractivity contribution in [1.29, 1.82) is 0 Å². The number of rotatable bonds is 7. The zero-order valence-corrected chi connectivity index (χ0v) is 20.3. The predicted octanol–water partition coefficient (Wildman–Crippen LogP) is 3.38. The van der Waals surface area contributed by atoms with Crippen molar-refractivity contribution in [3.05, 3.63) is 59.9 Å². The molecule has 1 fully saturated rings. The predicted molar refractivity (Wildman–Crippen MR) is 132 cm³/mol. The summed E-state index contributed by atoms with van der Waals surface area (Å²) >= 11 is 0. The van der Waals surface area contributed by atoms with Crippen LogP contribution in [0.3, 0.4) is 0 Å². The van der Waals surface area contributed by atoms with E-state index >= 15 is 0 Å². The molecule has 2 aliphatic rings. The zero-order chi connectivity index (χ0) is 24.3. The van der Waals surface area contributed by atoms with Crippen LogP contribution in [-0.4, -0.2) is 48.3 Å². The Hall–Kier alpha value is -3.08. The SMILES string of the molecule is O=C(Nc1ccc(-c2nnc3n2CCCCC3)cc1)c1ccc(S(=O)(=O)NC[C@H]2CCCO2)cc1. The zero-order valence-electron chi connectivity index (χ0n) is 19.4. The molecule has 10 heteroatoms. The van der Waals surface area contributed by atoms with Gasteiger partial charge in [-0.15, -0.1) is 10.2 Å². The van der Waals surface area contributed by atoms with Gasteiger partial charge in [0.15, 0.2) is 5.82 Å². The summed E-state index contributed by atoms with van der Waals surface area (Å²) in [5, 5.41) is 11.6. The molecule has 0 saturated carbocycles. The minimum atomic E-state index is -3.66. The van der Waals surface area contributed by atoms with Crippen LogP contribution in [0.4, 0.5) is 5.69 Å². The number of sulfonamides is 1. The van der Waals surface area contributed by atoms with Gasteiger partial charge < -0.3 is 14.6 Å².